The first-order valence-corrected chi connectivity index (χ1v) is 9.73. The Kier molecular flexibility index (Phi) is 6.48. The van der Waals surface area contributed by atoms with Crippen LogP contribution in [0.25, 0.3) is 0 Å². The second-order valence-electron chi connectivity index (χ2n) is 7.73. The first-order valence-electron chi connectivity index (χ1n) is 9.73. The second kappa shape index (κ2) is 8.81. The lowest BCUT2D eigenvalue weighted by molar-refractivity contribution is 0.0622. The first-order chi connectivity index (χ1) is 12.1. The number of rotatable bonds is 7. The molecule has 2 aliphatic rings. The molecule has 1 N–H and O–H groups in total. The molecule has 2 heterocycles. The molecule has 25 heavy (non-hydrogen) atoms. The van der Waals surface area contributed by atoms with Gasteiger partial charge in [-0.25, -0.2) is 0 Å². The Morgan fingerprint density at radius 3 is 2.92 bits per heavy atom. The Labute approximate surface area is 150 Å². The van der Waals surface area contributed by atoms with Crippen LogP contribution in [0.1, 0.15) is 67.6 Å². The molecule has 1 amide bonds. The van der Waals surface area contributed by atoms with E-state index < -0.39 is 0 Å². The molecule has 1 aliphatic heterocycles. The molecule has 140 valence electrons. The van der Waals surface area contributed by atoms with Gasteiger partial charge in [-0.2, -0.15) is 0 Å². The Balaban J connectivity index is 1.44. The third kappa shape index (κ3) is 5.28. The summed E-state index contributed by atoms with van der Waals surface area (Å²) in [7, 11) is 1.84. The zero-order chi connectivity index (χ0) is 17.6. The molecule has 0 radical (unpaired) electrons. The summed E-state index contributed by atoms with van der Waals surface area (Å²) in [4.78, 5) is 16.4. The summed E-state index contributed by atoms with van der Waals surface area (Å²) < 4.78 is 5.34. The number of aliphatic hydroxyl groups is 1. The average molecular weight is 349 g/mol. The molecule has 0 unspecified atom stereocenters. The molecule has 1 atom stereocenters. The van der Waals surface area contributed by atoms with E-state index in [1.54, 1.807) is 11.0 Å². The van der Waals surface area contributed by atoms with Crippen molar-refractivity contribution in [2.45, 2.75) is 64.0 Å². The molecular formula is C19H31N3O3. The number of nitrogens with zero attached hydrogens (tertiary/aromatic N) is 3. The topological polar surface area (TPSA) is 69.8 Å². The number of hydrogen-bond acceptors (Lipinski definition) is 5. The van der Waals surface area contributed by atoms with Crippen LogP contribution in [0.4, 0.5) is 0 Å². The quantitative estimate of drug-likeness (QED) is 0.819. The zero-order valence-corrected chi connectivity index (χ0v) is 15.3. The van der Waals surface area contributed by atoms with Crippen LogP contribution in [0, 0.1) is 5.92 Å². The van der Waals surface area contributed by atoms with Crippen LogP contribution < -0.4 is 0 Å². The van der Waals surface area contributed by atoms with Crippen LogP contribution in [0.2, 0.25) is 0 Å². The highest BCUT2D eigenvalue weighted by atomic mass is 16.5. The van der Waals surface area contributed by atoms with Crippen LogP contribution in [0.3, 0.4) is 0 Å². The van der Waals surface area contributed by atoms with Crippen LogP contribution in [-0.2, 0) is 6.54 Å². The fourth-order valence-electron chi connectivity index (χ4n) is 4.10. The summed E-state index contributed by atoms with van der Waals surface area (Å²) in [6.07, 6.45) is 9.33. The predicted molar refractivity (Wildman–Crippen MR) is 95.2 cm³/mol. The van der Waals surface area contributed by atoms with Crippen LogP contribution >= 0.6 is 0 Å². The minimum absolute atomic E-state index is 0.0694. The lowest BCUT2D eigenvalue weighted by Gasteiger charge is -2.28. The third-order valence-electron chi connectivity index (χ3n) is 5.57. The van der Waals surface area contributed by atoms with Crippen molar-refractivity contribution in [3.05, 3.63) is 17.5 Å². The van der Waals surface area contributed by atoms with Gasteiger partial charge in [0, 0.05) is 26.2 Å². The maximum absolute atomic E-state index is 12.5. The molecule has 1 saturated carbocycles. The minimum Gasteiger partial charge on any atom is -0.392 e. The van der Waals surface area contributed by atoms with Crippen LogP contribution in [-0.4, -0.2) is 58.8 Å². The van der Waals surface area contributed by atoms with Crippen molar-refractivity contribution in [2.24, 2.45) is 5.92 Å². The van der Waals surface area contributed by atoms with E-state index in [-0.39, 0.29) is 12.0 Å². The van der Waals surface area contributed by atoms with Crippen LogP contribution in [0.5, 0.6) is 0 Å². The highest BCUT2D eigenvalue weighted by molar-refractivity contribution is 5.92. The van der Waals surface area contributed by atoms with Gasteiger partial charge < -0.3 is 14.5 Å². The van der Waals surface area contributed by atoms with E-state index in [1.807, 2.05) is 7.05 Å². The molecule has 6 heteroatoms. The Morgan fingerprint density at radius 2 is 2.16 bits per heavy atom. The van der Waals surface area contributed by atoms with Crippen molar-refractivity contribution in [2.75, 3.05) is 26.7 Å². The second-order valence-corrected chi connectivity index (χ2v) is 7.73. The molecule has 0 bridgehead atoms. The van der Waals surface area contributed by atoms with Gasteiger partial charge in [0.1, 0.15) is 0 Å². The van der Waals surface area contributed by atoms with Gasteiger partial charge in [0.25, 0.3) is 5.91 Å². The van der Waals surface area contributed by atoms with E-state index in [0.29, 0.717) is 24.5 Å². The van der Waals surface area contributed by atoms with Gasteiger partial charge in [0.05, 0.1) is 12.6 Å². The molecule has 6 nitrogen and oxygen atoms in total. The van der Waals surface area contributed by atoms with Crippen molar-refractivity contribution in [3.8, 4) is 0 Å². The number of carbonyl (C=O) groups excluding carboxylic acids is 1. The number of β-amino-alcohol motifs (C(OH)–C–C–N with tert-alkyl or cyclic N) is 1. The Morgan fingerprint density at radius 1 is 1.36 bits per heavy atom. The van der Waals surface area contributed by atoms with E-state index in [0.717, 1.165) is 38.3 Å². The van der Waals surface area contributed by atoms with Gasteiger partial charge >= 0.3 is 0 Å². The lowest BCUT2D eigenvalue weighted by atomic mass is 10.0. The fourth-order valence-corrected chi connectivity index (χ4v) is 4.10. The first kappa shape index (κ1) is 18.4. The van der Waals surface area contributed by atoms with Gasteiger partial charge in [0.15, 0.2) is 11.5 Å². The number of likely N-dealkylation sites (tertiary alicyclic amines) is 1. The van der Waals surface area contributed by atoms with Crippen molar-refractivity contribution in [1.29, 1.82) is 0 Å². The maximum atomic E-state index is 12.5. The highest BCUT2D eigenvalue weighted by Crippen LogP contribution is 2.28. The van der Waals surface area contributed by atoms with Crippen molar-refractivity contribution >= 4 is 5.91 Å². The van der Waals surface area contributed by atoms with E-state index in [2.05, 4.69) is 10.1 Å². The molecule has 1 aromatic heterocycles. The fraction of sp³-hybridized carbons (Fsp3) is 0.789. The number of amides is 1. The van der Waals surface area contributed by atoms with E-state index in [4.69, 9.17) is 4.52 Å². The lowest BCUT2D eigenvalue weighted by Crippen LogP contribution is -2.37. The molecule has 1 saturated heterocycles. The molecule has 0 spiro atoms. The smallest absolute Gasteiger partial charge is 0.275 e. The standard InChI is InChI=1S/C19H31N3O3/c1-21(10-4-8-15-6-2-3-7-15)19(24)18-12-17(25-20-18)14-22-11-5-9-16(23)13-22/h12,15-16,23H,2-11,13-14H2,1H3/t16-/m0/s1. The average Bonchev–Trinajstić information content (AvgIpc) is 3.26. The monoisotopic (exact) mass is 349 g/mol. The Bertz CT molecular complexity index is 554. The number of carbonyl (C=O) groups is 1. The van der Waals surface area contributed by atoms with E-state index in [1.165, 1.54) is 32.1 Å². The van der Waals surface area contributed by atoms with Gasteiger partial charge in [-0.1, -0.05) is 30.8 Å². The summed E-state index contributed by atoms with van der Waals surface area (Å²) in [6, 6.07) is 1.75. The summed E-state index contributed by atoms with van der Waals surface area (Å²) in [6.45, 7) is 2.98. The molecule has 2 fully saturated rings. The number of hydrogen-bond donors (Lipinski definition) is 1. The van der Waals surface area contributed by atoms with Crippen molar-refractivity contribution in [3.63, 3.8) is 0 Å². The summed E-state index contributed by atoms with van der Waals surface area (Å²) in [5, 5.41) is 13.7. The molecular weight excluding hydrogens is 318 g/mol. The minimum atomic E-state index is -0.260. The van der Waals surface area contributed by atoms with Crippen LogP contribution in [0.15, 0.2) is 10.6 Å². The summed E-state index contributed by atoms with van der Waals surface area (Å²) in [5.41, 5.74) is 0.385. The summed E-state index contributed by atoms with van der Waals surface area (Å²) >= 11 is 0. The van der Waals surface area contributed by atoms with Crippen molar-refractivity contribution < 1.29 is 14.4 Å². The van der Waals surface area contributed by atoms with Gasteiger partial charge in [-0.3, -0.25) is 9.69 Å². The van der Waals surface area contributed by atoms with Gasteiger partial charge in [-0.15, -0.1) is 0 Å². The van der Waals surface area contributed by atoms with E-state index in [9.17, 15) is 9.90 Å². The SMILES string of the molecule is CN(CCCC1CCCC1)C(=O)c1cc(CN2CCC[C@H](O)C2)on1. The molecule has 0 aromatic carbocycles. The van der Waals surface area contributed by atoms with Gasteiger partial charge in [-0.05, 0) is 38.1 Å². The molecule has 1 aliphatic carbocycles. The van der Waals surface area contributed by atoms with Gasteiger partial charge in [0.2, 0.25) is 0 Å². The number of aliphatic hydroxyl groups excluding tert-OH is 1. The zero-order valence-electron chi connectivity index (χ0n) is 15.3. The highest BCUT2D eigenvalue weighted by Gasteiger charge is 2.22. The number of piperidine rings is 1. The summed E-state index contributed by atoms with van der Waals surface area (Å²) in [5.74, 6) is 1.49. The predicted octanol–water partition coefficient (Wildman–Crippen LogP) is 2.67. The van der Waals surface area contributed by atoms with E-state index >= 15 is 0 Å². The Hall–Kier alpha value is -1.40. The maximum Gasteiger partial charge on any atom is 0.275 e. The third-order valence-corrected chi connectivity index (χ3v) is 5.57. The van der Waals surface area contributed by atoms with Crippen molar-refractivity contribution in [1.82, 2.24) is 15.0 Å². The normalized spacial score (nSPS) is 22.4. The number of aromatic nitrogens is 1. The molecule has 3 rings (SSSR count). The largest absolute Gasteiger partial charge is 0.392 e. The molecule has 1 aromatic rings.